The van der Waals surface area contributed by atoms with Crippen molar-refractivity contribution < 1.29 is 24.2 Å². The third-order valence-electron chi connectivity index (χ3n) is 8.87. The average Bonchev–Trinajstić information content (AvgIpc) is 3.22. The summed E-state index contributed by atoms with van der Waals surface area (Å²) >= 11 is 0. The van der Waals surface area contributed by atoms with Crippen molar-refractivity contribution in [2.45, 2.75) is 70.0 Å². The molecule has 224 valence electrons. The number of ketones is 1. The predicted molar refractivity (Wildman–Crippen MR) is 167 cm³/mol. The first-order valence-electron chi connectivity index (χ1n) is 15.2. The summed E-state index contributed by atoms with van der Waals surface area (Å²) in [6.07, 6.45) is 6.23. The monoisotopic (exact) mass is 581 g/mol. The molecule has 1 aliphatic carbocycles. The van der Waals surface area contributed by atoms with Gasteiger partial charge in [0.25, 0.3) is 5.91 Å². The molecule has 3 aromatic carbocycles. The number of fused-ring (bicyclic) bond motifs is 5. The van der Waals surface area contributed by atoms with E-state index in [1.165, 1.54) is 24.8 Å². The summed E-state index contributed by atoms with van der Waals surface area (Å²) in [6.45, 7) is 2.77. The van der Waals surface area contributed by atoms with E-state index < -0.39 is 12.1 Å². The fourth-order valence-corrected chi connectivity index (χ4v) is 6.69. The summed E-state index contributed by atoms with van der Waals surface area (Å²) in [6, 6.07) is 17.0. The molecule has 8 heteroatoms. The molecule has 0 spiro atoms. The van der Waals surface area contributed by atoms with Crippen molar-refractivity contribution in [1.29, 1.82) is 0 Å². The van der Waals surface area contributed by atoms with Gasteiger partial charge in [0.05, 0.1) is 31.4 Å². The van der Waals surface area contributed by atoms with Crippen molar-refractivity contribution in [2.24, 2.45) is 5.73 Å². The number of benzene rings is 3. The van der Waals surface area contributed by atoms with Gasteiger partial charge < -0.3 is 30.2 Å². The number of aromatic hydroxyl groups is 1. The van der Waals surface area contributed by atoms with E-state index in [1.807, 2.05) is 24.3 Å². The minimum Gasteiger partial charge on any atom is -0.508 e. The number of ether oxygens (including phenoxy) is 2. The largest absolute Gasteiger partial charge is 0.508 e. The van der Waals surface area contributed by atoms with E-state index >= 15 is 0 Å². The summed E-state index contributed by atoms with van der Waals surface area (Å²) in [4.78, 5) is 26.7. The molecule has 1 fully saturated rings. The number of hydrogen-bond acceptors (Lipinski definition) is 6. The highest BCUT2D eigenvalue weighted by Crippen LogP contribution is 2.47. The van der Waals surface area contributed by atoms with Crippen LogP contribution < -0.4 is 20.5 Å². The smallest absolute Gasteiger partial charge is 0.251 e. The van der Waals surface area contributed by atoms with Crippen molar-refractivity contribution in [2.75, 3.05) is 13.7 Å². The highest BCUT2D eigenvalue weighted by molar-refractivity contribution is 6.03. The first-order chi connectivity index (χ1) is 20.8. The third kappa shape index (κ3) is 5.71. The van der Waals surface area contributed by atoms with Crippen LogP contribution in [0.15, 0.2) is 60.7 Å². The molecule has 2 aliphatic rings. The molecule has 1 saturated carbocycles. The molecule has 4 N–H and O–H groups in total. The summed E-state index contributed by atoms with van der Waals surface area (Å²) in [5, 5.41) is 13.8. The maximum absolute atomic E-state index is 13.7. The zero-order valence-corrected chi connectivity index (χ0v) is 24.8. The molecular weight excluding hydrogens is 542 g/mol. The van der Waals surface area contributed by atoms with E-state index in [9.17, 15) is 14.7 Å². The van der Waals surface area contributed by atoms with Crippen molar-refractivity contribution >= 4 is 22.6 Å². The number of carbonyl (C=O) groups excluding carboxylic acids is 2. The molecule has 0 radical (unpaired) electrons. The van der Waals surface area contributed by atoms with Crippen molar-refractivity contribution in [3.8, 4) is 28.5 Å². The van der Waals surface area contributed by atoms with Crippen LogP contribution in [0, 0.1) is 0 Å². The van der Waals surface area contributed by atoms with Gasteiger partial charge in [-0.1, -0.05) is 37.5 Å². The van der Waals surface area contributed by atoms with Gasteiger partial charge in [-0.3, -0.25) is 9.59 Å². The minimum absolute atomic E-state index is 0.141. The Morgan fingerprint density at radius 1 is 1.07 bits per heavy atom. The molecule has 8 nitrogen and oxygen atoms in total. The second-order valence-electron chi connectivity index (χ2n) is 11.8. The summed E-state index contributed by atoms with van der Waals surface area (Å²) in [5.41, 5.74) is 11.8. The summed E-state index contributed by atoms with van der Waals surface area (Å²) in [7, 11) is 1.66. The number of carbonyl (C=O) groups is 2. The zero-order valence-electron chi connectivity index (χ0n) is 24.8. The van der Waals surface area contributed by atoms with Gasteiger partial charge in [0.2, 0.25) is 0 Å². The van der Waals surface area contributed by atoms with Crippen LogP contribution in [0.1, 0.15) is 66.4 Å². The molecule has 1 aromatic heterocycles. The Morgan fingerprint density at radius 3 is 2.56 bits per heavy atom. The van der Waals surface area contributed by atoms with Gasteiger partial charge in [-0.05, 0) is 79.6 Å². The molecule has 2 atom stereocenters. The Morgan fingerprint density at radius 2 is 1.84 bits per heavy atom. The molecular formula is C35H39N3O5. The third-order valence-corrected chi connectivity index (χ3v) is 8.87. The van der Waals surface area contributed by atoms with Gasteiger partial charge in [0.1, 0.15) is 23.9 Å². The molecule has 1 aliphatic heterocycles. The number of nitrogens with two attached hydrogens (primary N) is 1. The molecule has 0 saturated heterocycles. The Bertz CT molecular complexity index is 1650. The molecule has 1 amide bonds. The van der Waals surface area contributed by atoms with Gasteiger partial charge >= 0.3 is 0 Å². The van der Waals surface area contributed by atoms with E-state index in [0.717, 1.165) is 52.1 Å². The number of rotatable bonds is 8. The van der Waals surface area contributed by atoms with Crippen LogP contribution in [-0.2, 0) is 17.8 Å². The number of aromatic nitrogens is 1. The highest BCUT2D eigenvalue weighted by Gasteiger charge is 2.30. The average molecular weight is 582 g/mol. The van der Waals surface area contributed by atoms with Gasteiger partial charge in [-0.2, -0.15) is 0 Å². The van der Waals surface area contributed by atoms with E-state index in [0.29, 0.717) is 24.6 Å². The first-order valence-corrected chi connectivity index (χ1v) is 15.2. The van der Waals surface area contributed by atoms with Crippen molar-refractivity contribution in [1.82, 2.24) is 9.88 Å². The van der Waals surface area contributed by atoms with Crippen molar-refractivity contribution in [3.63, 3.8) is 0 Å². The lowest BCUT2D eigenvalue weighted by atomic mass is 9.81. The molecule has 43 heavy (non-hydrogen) atoms. The lowest BCUT2D eigenvalue weighted by Gasteiger charge is -2.23. The van der Waals surface area contributed by atoms with Gasteiger partial charge in [-0.15, -0.1) is 0 Å². The number of nitrogens with one attached hydrogen (secondary N) is 1. The minimum atomic E-state index is -0.801. The lowest BCUT2D eigenvalue weighted by Crippen LogP contribution is -2.48. The first kappa shape index (κ1) is 28.8. The number of Topliss-reactive ketones (excluding diaryl/α,β-unsaturated/α-hetero) is 1. The Balaban J connectivity index is 1.40. The Labute approximate surface area is 251 Å². The van der Waals surface area contributed by atoms with E-state index in [4.69, 9.17) is 15.2 Å². The SMILES string of the molecule is COc1ccc2c(c1)OCCn1c-2c(C2CCCCC2)c2ccc(C(=O)N[C@@H](Cc3ccc(O)cc3)C(=O)C(C)N)cc21. The maximum Gasteiger partial charge on any atom is 0.251 e. The zero-order chi connectivity index (χ0) is 30.1. The summed E-state index contributed by atoms with van der Waals surface area (Å²) in [5.74, 6) is 1.56. The quantitative estimate of drug-likeness (QED) is 0.245. The van der Waals surface area contributed by atoms with Gasteiger partial charge in [0, 0.05) is 28.1 Å². The number of hydrogen-bond donors (Lipinski definition) is 3. The van der Waals surface area contributed by atoms with Crippen LogP contribution in [0.2, 0.25) is 0 Å². The van der Waals surface area contributed by atoms with Crippen molar-refractivity contribution in [3.05, 3.63) is 77.4 Å². The summed E-state index contributed by atoms with van der Waals surface area (Å²) < 4.78 is 14.0. The highest BCUT2D eigenvalue weighted by atomic mass is 16.5. The van der Waals surface area contributed by atoms with Crippen LogP contribution >= 0.6 is 0 Å². The van der Waals surface area contributed by atoms with Crippen LogP contribution in [-0.4, -0.2) is 47.2 Å². The molecule has 6 rings (SSSR count). The van der Waals surface area contributed by atoms with Crippen LogP contribution in [0.3, 0.4) is 0 Å². The molecule has 4 aromatic rings. The Hall–Kier alpha value is -4.30. The number of nitrogens with zero attached hydrogens (tertiary/aromatic N) is 1. The van der Waals surface area contributed by atoms with Crippen LogP contribution in [0.25, 0.3) is 22.2 Å². The Kier molecular flexibility index (Phi) is 8.13. The van der Waals surface area contributed by atoms with E-state index in [2.05, 4.69) is 22.0 Å². The van der Waals surface area contributed by atoms with Crippen LogP contribution in [0.5, 0.6) is 17.2 Å². The fraction of sp³-hybridized carbons (Fsp3) is 0.371. The second kappa shape index (κ2) is 12.1. The maximum atomic E-state index is 13.7. The van der Waals surface area contributed by atoms with Gasteiger partial charge in [-0.25, -0.2) is 0 Å². The molecule has 0 bridgehead atoms. The topological polar surface area (TPSA) is 116 Å². The number of amides is 1. The molecule has 2 heterocycles. The van der Waals surface area contributed by atoms with E-state index in [1.54, 1.807) is 38.3 Å². The number of phenols is 1. The van der Waals surface area contributed by atoms with Crippen LogP contribution in [0.4, 0.5) is 0 Å². The molecule has 1 unspecified atom stereocenters. The number of phenolic OH excluding ortho intramolecular Hbond substituents is 1. The standard InChI is InChI=1S/C35H39N3O5/c1-21(36)34(40)29(18-22-8-11-25(39)12-9-22)37-35(41)24-10-14-27-30(19-24)38-16-17-43-31-20-26(42-2)13-15-28(31)33(38)32(27)23-6-4-3-5-7-23/h8-15,19-21,23,29,39H,3-7,16-18,36H2,1-2H3,(H,37,41)/t21?,29-/m0/s1. The van der Waals surface area contributed by atoms with Gasteiger partial charge in [0.15, 0.2) is 5.78 Å². The lowest BCUT2D eigenvalue weighted by molar-refractivity contribution is -0.121. The second-order valence-corrected chi connectivity index (χ2v) is 11.8. The number of methoxy groups -OCH3 is 1. The van der Waals surface area contributed by atoms with E-state index in [-0.39, 0.29) is 23.9 Å². The fourth-order valence-electron chi connectivity index (χ4n) is 6.69. The predicted octanol–water partition coefficient (Wildman–Crippen LogP) is 5.72. The normalized spacial score (nSPS) is 16.3.